The Morgan fingerprint density at radius 1 is 1.18 bits per heavy atom. The SMILES string of the molecule is CCc1cccc(C)c1N1CC(C(=O)NCCc2ccccc2OC)CC1=O. The maximum atomic E-state index is 12.6. The van der Waals surface area contributed by atoms with E-state index in [1.54, 1.807) is 12.0 Å². The van der Waals surface area contributed by atoms with Crippen molar-refractivity contribution in [2.75, 3.05) is 25.1 Å². The molecule has 1 fully saturated rings. The van der Waals surface area contributed by atoms with Crippen molar-refractivity contribution in [1.82, 2.24) is 5.32 Å². The first-order valence-electron chi connectivity index (χ1n) is 9.83. The van der Waals surface area contributed by atoms with Crippen molar-refractivity contribution in [3.05, 3.63) is 59.2 Å². The average Bonchev–Trinajstić information content (AvgIpc) is 3.09. The van der Waals surface area contributed by atoms with Gasteiger partial charge in [-0.3, -0.25) is 9.59 Å². The van der Waals surface area contributed by atoms with E-state index in [4.69, 9.17) is 4.74 Å². The van der Waals surface area contributed by atoms with Gasteiger partial charge >= 0.3 is 0 Å². The molecule has 3 rings (SSSR count). The minimum absolute atomic E-state index is 0.0221. The lowest BCUT2D eigenvalue weighted by Crippen LogP contribution is -2.34. The Morgan fingerprint density at radius 2 is 1.93 bits per heavy atom. The molecule has 1 aliphatic rings. The van der Waals surface area contributed by atoms with Gasteiger partial charge in [-0.15, -0.1) is 0 Å². The first-order valence-corrected chi connectivity index (χ1v) is 9.83. The van der Waals surface area contributed by atoms with Crippen LogP contribution in [0.1, 0.15) is 30.0 Å². The molecule has 148 valence electrons. The number of carbonyl (C=O) groups excluding carboxylic acids is 2. The molecule has 1 N–H and O–H groups in total. The first-order chi connectivity index (χ1) is 13.5. The molecule has 1 saturated heterocycles. The lowest BCUT2D eigenvalue weighted by atomic mass is 10.0. The molecule has 0 aromatic heterocycles. The molecular formula is C23H28N2O3. The van der Waals surface area contributed by atoms with Crippen LogP contribution in [-0.2, 0) is 22.4 Å². The van der Waals surface area contributed by atoms with Gasteiger partial charge in [-0.05, 0) is 42.5 Å². The quantitative estimate of drug-likeness (QED) is 0.802. The maximum Gasteiger partial charge on any atom is 0.227 e. The number of anilines is 1. The molecule has 0 saturated carbocycles. The monoisotopic (exact) mass is 380 g/mol. The number of nitrogens with zero attached hydrogens (tertiary/aromatic N) is 1. The Labute approximate surface area is 166 Å². The summed E-state index contributed by atoms with van der Waals surface area (Å²) in [5.41, 5.74) is 4.25. The molecule has 28 heavy (non-hydrogen) atoms. The first kappa shape index (κ1) is 19.9. The summed E-state index contributed by atoms with van der Waals surface area (Å²) in [4.78, 5) is 27.0. The standard InChI is InChI=1S/C23H28N2O3/c1-4-17-10-7-8-16(2)22(17)25-15-19(14-21(25)26)23(27)24-13-12-18-9-5-6-11-20(18)28-3/h5-11,19H,4,12-15H2,1-3H3,(H,24,27). The number of rotatable bonds is 7. The molecule has 5 heteroatoms. The van der Waals surface area contributed by atoms with Crippen LogP contribution in [0.2, 0.25) is 0 Å². The van der Waals surface area contributed by atoms with Crippen LogP contribution in [0, 0.1) is 12.8 Å². The van der Waals surface area contributed by atoms with Crippen molar-refractivity contribution in [2.45, 2.75) is 33.1 Å². The fraction of sp³-hybridized carbons (Fsp3) is 0.391. The molecule has 1 atom stereocenters. The summed E-state index contributed by atoms with van der Waals surface area (Å²) in [5.74, 6) is 0.478. The van der Waals surface area contributed by atoms with E-state index >= 15 is 0 Å². The minimum Gasteiger partial charge on any atom is -0.496 e. The van der Waals surface area contributed by atoms with Gasteiger partial charge in [0, 0.05) is 25.2 Å². The normalized spacial score (nSPS) is 16.3. The van der Waals surface area contributed by atoms with E-state index in [0.29, 0.717) is 19.5 Å². The third kappa shape index (κ3) is 4.19. The summed E-state index contributed by atoms with van der Waals surface area (Å²) in [7, 11) is 1.65. The second-order valence-electron chi connectivity index (χ2n) is 7.19. The van der Waals surface area contributed by atoms with Crippen molar-refractivity contribution >= 4 is 17.5 Å². The molecule has 1 unspecified atom stereocenters. The van der Waals surface area contributed by atoms with Crippen LogP contribution in [0.3, 0.4) is 0 Å². The number of para-hydroxylation sites is 2. The molecule has 0 radical (unpaired) electrons. The van der Waals surface area contributed by atoms with Crippen LogP contribution in [-0.4, -0.2) is 32.0 Å². The van der Waals surface area contributed by atoms with Crippen LogP contribution >= 0.6 is 0 Å². The second-order valence-corrected chi connectivity index (χ2v) is 7.19. The maximum absolute atomic E-state index is 12.6. The van der Waals surface area contributed by atoms with E-state index in [9.17, 15) is 9.59 Å². The highest BCUT2D eigenvalue weighted by atomic mass is 16.5. The van der Waals surface area contributed by atoms with Gasteiger partial charge in [-0.25, -0.2) is 0 Å². The fourth-order valence-electron chi connectivity index (χ4n) is 3.86. The number of hydrogen-bond acceptors (Lipinski definition) is 3. The van der Waals surface area contributed by atoms with Gasteiger partial charge in [0.1, 0.15) is 5.75 Å². The van der Waals surface area contributed by atoms with E-state index in [0.717, 1.165) is 34.5 Å². The van der Waals surface area contributed by atoms with Crippen molar-refractivity contribution in [1.29, 1.82) is 0 Å². The van der Waals surface area contributed by atoms with Crippen LogP contribution in [0.5, 0.6) is 5.75 Å². The summed E-state index contributed by atoms with van der Waals surface area (Å²) in [5, 5.41) is 2.99. The summed E-state index contributed by atoms with van der Waals surface area (Å²) >= 11 is 0. The molecule has 0 aliphatic carbocycles. The largest absolute Gasteiger partial charge is 0.496 e. The van der Waals surface area contributed by atoms with Gasteiger partial charge in [0.05, 0.1) is 13.0 Å². The third-order valence-electron chi connectivity index (χ3n) is 5.35. The Kier molecular flexibility index (Phi) is 6.34. The molecule has 5 nitrogen and oxygen atoms in total. The lowest BCUT2D eigenvalue weighted by Gasteiger charge is -2.22. The highest BCUT2D eigenvalue weighted by Crippen LogP contribution is 2.31. The summed E-state index contributed by atoms with van der Waals surface area (Å²) in [6.45, 7) is 5.06. The summed E-state index contributed by atoms with van der Waals surface area (Å²) in [6, 6.07) is 13.9. The van der Waals surface area contributed by atoms with E-state index < -0.39 is 0 Å². The fourth-order valence-corrected chi connectivity index (χ4v) is 3.86. The van der Waals surface area contributed by atoms with E-state index in [-0.39, 0.29) is 24.2 Å². The van der Waals surface area contributed by atoms with Crippen molar-refractivity contribution in [3.63, 3.8) is 0 Å². The molecule has 0 bridgehead atoms. The zero-order valence-corrected chi connectivity index (χ0v) is 16.8. The Balaban J connectivity index is 1.61. The number of carbonyl (C=O) groups is 2. The highest BCUT2D eigenvalue weighted by molar-refractivity contribution is 6.01. The number of nitrogens with one attached hydrogen (secondary N) is 1. The van der Waals surface area contributed by atoms with Gasteiger partial charge < -0.3 is 15.0 Å². The zero-order chi connectivity index (χ0) is 20.1. The number of ether oxygens (including phenoxy) is 1. The molecule has 2 aromatic carbocycles. The predicted octanol–water partition coefficient (Wildman–Crippen LogP) is 3.28. The van der Waals surface area contributed by atoms with Crippen LogP contribution in [0.15, 0.2) is 42.5 Å². The van der Waals surface area contributed by atoms with Gasteiger partial charge in [0.25, 0.3) is 0 Å². The molecule has 0 spiro atoms. The van der Waals surface area contributed by atoms with Gasteiger partial charge in [0.2, 0.25) is 11.8 Å². The molecule has 1 heterocycles. The molecule has 2 amide bonds. The lowest BCUT2D eigenvalue weighted by molar-refractivity contribution is -0.126. The van der Waals surface area contributed by atoms with E-state index in [2.05, 4.69) is 18.3 Å². The van der Waals surface area contributed by atoms with Crippen LogP contribution in [0.25, 0.3) is 0 Å². The number of hydrogen-bond donors (Lipinski definition) is 1. The number of methoxy groups -OCH3 is 1. The number of benzene rings is 2. The second kappa shape index (κ2) is 8.91. The number of amides is 2. The zero-order valence-electron chi connectivity index (χ0n) is 16.8. The predicted molar refractivity (Wildman–Crippen MR) is 111 cm³/mol. The Bertz CT molecular complexity index is 863. The summed E-state index contributed by atoms with van der Waals surface area (Å²) < 4.78 is 5.35. The van der Waals surface area contributed by atoms with Crippen LogP contribution < -0.4 is 15.0 Å². The third-order valence-corrected chi connectivity index (χ3v) is 5.35. The topological polar surface area (TPSA) is 58.6 Å². The van der Waals surface area contributed by atoms with Gasteiger partial charge in [-0.1, -0.05) is 43.3 Å². The van der Waals surface area contributed by atoms with E-state index in [1.807, 2.05) is 43.3 Å². The van der Waals surface area contributed by atoms with Crippen molar-refractivity contribution in [3.8, 4) is 5.75 Å². The molecular weight excluding hydrogens is 352 g/mol. The average molecular weight is 380 g/mol. The molecule has 1 aliphatic heterocycles. The van der Waals surface area contributed by atoms with Crippen LogP contribution in [0.4, 0.5) is 5.69 Å². The Hall–Kier alpha value is -2.82. The summed E-state index contributed by atoms with van der Waals surface area (Å²) in [6.07, 6.45) is 1.81. The van der Waals surface area contributed by atoms with Gasteiger partial charge in [0.15, 0.2) is 0 Å². The minimum atomic E-state index is -0.311. The highest BCUT2D eigenvalue weighted by Gasteiger charge is 2.36. The number of aryl methyl sites for hydroxylation is 2. The molecule has 2 aromatic rings. The Morgan fingerprint density at radius 3 is 2.68 bits per heavy atom. The van der Waals surface area contributed by atoms with Crippen molar-refractivity contribution < 1.29 is 14.3 Å². The smallest absolute Gasteiger partial charge is 0.227 e. The van der Waals surface area contributed by atoms with E-state index in [1.165, 1.54) is 0 Å². The van der Waals surface area contributed by atoms with Crippen molar-refractivity contribution in [2.24, 2.45) is 5.92 Å². The van der Waals surface area contributed by atoms with Gasteiger partial charge in [-0.2, -0.15) is 0 Å².